The minimum Gasteiger partial charge on any atom is -0.454 e. The largest absolute Gasteiger partial charge is 0.454 e. The maximum absolute atomic E-state index is 6.27. The van der Waals surface area contributed by atoms with Crippen LogP contribution in [0, 0.1) is 0 Å². The van der Waals surface area contributed by atoms with Crippen LogP contribution in [0.25, 0.3) is 0 Å². The number of nitrogens with one attached hydrogen (secondary N) is 1. The van der Waals surface area contributed by atoms with Crippen molar-refractivity contribution in [3.05, 3.63) is 47.0 Å². The van der Waals surface area contributed by atoms with Crippen molar-refractivity contribution in [2.45, 2.75) is 6.54 Å². The fourth-order valence-electron chi connectivity index (χ4n) is 2.43. The van der Waals surface area contributed by atoms with Crippen LogP contribution in [0.2, 0.25) is 5.02 Å². The second-order valence-corrected chi connectivity index (χ2v) is 5.44. The lowest BCUT2D eigenvalue weighted by Gasteiger charge is -2.20. The highest BCUT2D eigenvalue weighted by atomic mass is 35.5. The fraction of sp³-hybridized carbons (Fsp3) is 0.250. The van der Waals surface area contributed by atoms with Crippen LogP contribution in [0.3, 0.4) is 0 Å². The Morgan fingerprint density at radius 2 is 1.95 bits per heavy atom. The van der Waals surface area contributed by atoms with Crippen molar-refractivity contribution in [2.75, 3.05) is 31.1 Å². The molecular formula is C16H17ClN2O2. The molecule has 0 saturated carbocycles. The van der Waals surface area contributed by atoms with Gasteiger partial charge in [-0.1, -0.05) is 29.8 Å². The molecule has 0 atom stereocenters. The molecule has 0 amide bonds. The third kappa shape index (κ3) is 2.72. The molecule has 21 heavy (non-hydrogen) atoms. The molecular weight excluding hydrogens is 288 g/mol. The van der Waals surface area contributed by atoms with Crippen LogP contribution < -0.4 is 19.7 Å². The van der Waals surface area contributed by atoms with Crippen LogP contribution in [0.1, 0.15) is 5.56 Å². The van der Waals surface area contributed by atoms with Gasteiger partial charge >= 0.3 is 0 Å². The fourth-order valence-corrected chi connectivity index (χ4v) is 2.78. The first-order chi connectivity index (χ1) is 10.2. The summed E-state index contributed by atoms with van der Waals surface area (Å²) in [5.74, 6) is 1.62. The smallest absolute Gasteiger partial charge is 0.231 e. The topological polar surface area (TPSA) is 33.7 Å². The van der Waals surface area contributed by atoms with E-state index in [9.17, 15) is 0 Å². The molecule has 1 heterocycles. The Kier molecular flexibility index (Phi) is 3.80. The van der Waals surface area contributed by atoms with Gasteiger partial charge in [-0.15, -0.1) is 0 Å². The molecule has 0 unspecified atom stereocenters. The van der Waals surface area contributed by atoms with Crippen molar-refractivity contribution in [1.29, 1.82) is 0 Å². The highest BCUT2D eigenvalue weighted by Gasteiger charge is 2.17. The number of hydrogen-bond acceptors (Lipinski definition) is 4. The number of hydrogen-bond donors (Lipinski definition) is 1. The summed E-state index contributed by atoms with van der Waals surface area (Å²) >= 11 is 6.27. The first-order valence-corrected chi connectivity index (χ1v) is 7.12. The second kappa shape index (κ2) is 5.74. The van der Waals surface area contributed by atoms with E-state index in [2.05, 4.69) is 5.32 Å². The molecule has 0 aliphatic carbocycles. The monoisotopic (exact) mass is 304 g/mol. The number of para-hydroxylation sites is 2. The summed E-state index contributed by atoms with van der Waals surface area (Å²) in [6.45, 7) is 0.931. The van der Waals surface area contributed by atoms with E-state index < -0.39 is 0 Å². The zero-order valence-electron chi connectivity index (χ0n) is 12.0. The van der Waals surface area contributed by atoms with Gasteiger partial charge in [0.2, 0.25) is 6.79 Å². The van der Waals surface area contributed by atoms with E-state index in [4.69, 9.17) is 21.1 Å². The summed E-state index contributed by atoms with van der Waals surface area (Å²) in [4.78, 5) is 2.00. The van der Waals surface area contributed by atoms with Gasteiger partial charge in [0, 0.05) is 26.2 Å². The van der Waals surface area contributed by atoms with Gasteiger partial charge in [0.05, 0.1) is 16.4 Å². The van der Waals surface area contributed by atoms with Gasteiger partial charge in [0.25, 0.3) is 0 Å². The zero-order valence-corrected chi connectivity index (χ0v) is 12.8. The molecule has 2 aromatic carbocycles. The molecule has 1 aliphatic rings. The average molecular weight is 305 g/mol. The van der Waals surface area contributed by atoms with Gasteiger partial charge in [0.15, 0.2) is 11.5 Å². The van der Waals surface area contributed by atoms with E-state index in [1.807, 2.05) is 55.4 Å². The Morgan fingerprint density at radius 1 is 1.14 bits per heavy atom. The van der Waals surface area contributed by atoms with E-state index in [0.29, 0.717) is 6.54 Å². The first kappa shape index (κ1) is 13.9. The molecule has 110 valence electrons. The highest BCUT2D eigenvalue weighted by molar-refractivity contribution is 6.34. The predicted octanol–water partition coefficient (Wildman–Crippen LogP) is 3.75. The minimum atomic E-state index is 0.284. The predicted molar refractivity (Wildman–Crippen MR) is 85.7 cm³/mol. The van der Waals surface area contributed by atoms with E-state index in [1.165, 1.54) is 0 Å². The molecule has 0 fully saturated rings. The van der Waals surface area contributed by atoms with E-state index >= 15 is 0 Å². The summed E-state index contributed by atoms with van der Waals surface area (Å²) in [6, 6.07) is 11.7. The van der Waals surface area contributed by atoms with Crippen LogP contribution in [-0.2, 0) is 6.54 Å². The Morgan fingerprint density at radius 3 is 2.76 bits per heavy atom. The van der Waals surface area contributed by atoms with Crippen molar-refractivity contribution in [2.24, 2.45) is 0 Å². The lowest BCUT2D eigenvalue weighted by molar-refractivity contribution is 0.173. The standard InChI is InChI=1S/C16H17ClN2O2/c1-19(2)15-12(17)6-4-7-13(15)18-9-11-5-3-8-14-16(11)21-10-20-14/h3-8,18H,9-10H2,1-2H3. The molecule has 1 aliphatic heterocycles. The van der Waals surface area contributed by atoms with Gasteiger partial charge in [-0.3, -0.25) is 0 Å². The third-order valence-electron chi connectivity index (χ3n) is 3.38. The molecule has 0 radical (unpaired) electrons. The number of nitrogens with zero attached hydrogens (tertiary/aromatic N) is 1. The summed E-state index contributed by atoms with van der Waals surface area (Å²) in [7, 11) is 3.95. The van der Waals surface area contributed by atoms with E-state index in [0.717, 1.165) is 33.5 Å². The minimum absolute atomic E-state index is 0.284. The zero-order chi connectivity index (χ0) is 14.8. The van der Waals surface area contributed by atoms with E-state index in [1.54, 1.807) is 0 Å². The van der Waals surface area contributed by atoms with Gasteiger partial charge < -0.3 is 19.7 Å². The van der Waals surface area contributed by atoms with E-state index in [-0.39, 0.29) is 6.79 Å². The molecule has 0 saturated heterocycles. The lowest BCUT2D eigenvalue weighted by Crippen LogP contribution is -2.13. The summed E-state index contributed by atoms with van der Waals surface area (Å²) in [5, 5.41) is 4.14. The van der Waals surface area contributed by atoms with Gasteiger partial charge in [0.1, 0.15) is 0 Å². The Bertz CT molecular complexity index is 659. The molecule has 0 spiro atoms. The van der Waals surface area contributed by atoms with Crippen molar-refractivity contribution < 1.29 is 9.47 Å². The Balaban J connectivity index is 1.83. The first-order valence-electron chi connectivity index (χ1n) is 6.74. The van der Waals surface area contributed by atoms with Crippen LogP contribution in [0.5, 0.6) is 11.5 Å². The molecule has 4 nitrogen and oxygen atoms in total. The normalized spacial score (nSPS) is 12.3. The number of fused-ring (bicyclic) bond motifs is 1. The van der Waals surface area contributed by atoms with Crippen LogP contribution >= 0.6 is 11.6 Å². The van der Waals surface area contributed by atoms with Crippen LogP contribution in [0.4, 0.5) is 11.4 Å². The number of rotatable bonds is 4. The highest BCUT2D eigenvalue weighted by Crippen LogP contribution is 2.37. The SMILES string of the molecule is CN(C)c1c(Cl)cccc1NCc1cccc2c1OCO2. The quantitative estimate of drug-likeness (QED) is 0.933. The van der Waals surface area contributed by atoms with Gasteiger partial charge in [-0.2, -0.15) is 0 Å². The number of ether oxygens (including phenoxy) is 2. The Labute approximate surface area is 129 Å². The molecule has 2 aromatic rings. The summed E-state index contributed by atoms with van der Waals surface area (Å²) < 4.78 is 10.9. The number of halogens is 1. The second-order valence-electron chi connectivity index (χ2n) is 5.03. The molecule has 0 bridgehead atoms. The van der Waals surface area contributed by atoms with Gasteiger partial charge in [-0.05, 0) is 18.2 Å². The number of anilines is 2. The van der Waals surface area contributed by atoms with Crippen molar-refractivity contribution in [3.63, 3.8) is 0 Å². The van der Waals surface area contributed by atoms with Crippen molar-refractivity contribution in [1.82, 2.24) is 0 Å². The van der Waals surface area contributed by atoms with Gasteiger partial charge in [-0.25, -0.2) is 0 Å². The molecule has 5 heteroatoms. The third-order valence-corrected chi connectivity index (χ3v) is 3.69. The van der Waals surface area contributed by atoms with Crippen LogP contribution in [0.15, 0.2) is 36.4 Å². The lowest BCUT2D eigenvalue weighted by atomic mass is 10.1. The van der Waals surface area contributed by atoms with Crippen LogP contribution in [-0.4, -0.2) is 20.9 Å². The summed E-state index contributed by atoms with van der Waals surface area (Å²) in [5.41, 5.74) is 3.03. The molecule has 3 rings (SSSR count). The summed E-state index contributed by atoms with van der Waals surface area (Å²) in [6.07, 6.45) is 0. The van der Waals surface area contributed by atoms with Crippen molar-refractivity contribution in [3.8, 4) is 11.5 Å². The Hall–Kier alpha value is -2.07. The average Bonchev–Trinajstić information content (AvgIpc) is 2.93. The number of benzene rings is 2. The van der Waals surface area contributed by atoms with Crippen molar-refractivity contribution >= 4 is 23.0 Å². The molecule has 0 aromatic heterocycles. The molecule has 1 N–H and O–H groups in total. The maximum Gasteiger partial charge on any atom is 0.231 e. The maximum atomic E-state index is 6.27.